The Morgan fingerprint density at radius 2 is 1.15 bits per heavy atom. The summed E-state index contributed by atoms with van der Waals surface area (Å²) in [6, 6.07) is 22.6. The van der Waals surface area contributed by atoms with Crippen LogP contribution in [0.1, 0.15) is 46.4 Å². The molecule has 0 atom stereocenters. The standard InChI is InChI=1S/C25H26Cl2N4O2.C21H17Cl2F2N3O/c26-21-3-1-2-20(24(21)27)25(32)29-17-7-10-31(11-8-17)23-6-9-28-22-16-18(4-5-19(22)23)30-12-14-33-15-13-30;22-16-3-1-2-14(19(16)23)21(29)27-13-5-8-28(9-6-13)18-4-7-26-20-15(18)10-12(24)11-17(20)25/h1-6,9,16-17H,7-8,10-15H2,(H,29,32);1-4,7,10-11,13H,5-6,8-9H2,(H,27,29). The number of nitrogens with one attached hydrogen (secondary N) is 2. The van der Waals surface area contributed by atoms with E-state index < -0.39 is 11.6 Å². The molecule has 3 saturated heterocycles. The Hall–Kier alpha value is -4.98. The molecule has 2 amide bonds. The molecule has 10 nitrogen and oxygen atoms in total. The average Bonchev–Trinajstić information content (AvgIpc) is 3.28. The van der Waals surface area contributed by atoms with Crippen LogP contribution in [0.25, 0.3) is 21.8 Å². The van der Waals surface area contributed by atoms with E-state index in [1.165, 1.54) is 23.6 Å². The van der Waals surface area contributed by atoms with E-state index in [0.717, 1.165) is 74.9 Å². The summed E-state index contributed by atoms with van der Waals surface area (Å²) in [6.07, 6.45) is 6.50. The number of carbonyl (C=O) groups excluding carboxylic acids is 2. The summed E-state index contributed by atoms with van der Waals surface area (Å²) in [4.78, 5) is 40.7. The van der Waals surface area contributed by atoms with Gasteiger partial charge in [-0.25, -0.2) is 8.78 Å². The maximum absolute atomic E-state index is 14.0. The molecule has 0 aliphatic carbocycles. The molecule has 3 fully saturated rings. The Morgan fingerprint density at radius 3 is 1.71 bits per heavy atom. The van der Waals surface area contributed by atoms with E-state index >= 15 is 0 Å². The number of benzene rings is 4. The predicted octanol–water partition coefficient (Wildman–Crippen LogP) is 10.00. The molecule has 9 rings (SSSR count). The molecule has 0 spiro atoms. The minimum Gasteiger partial charge on any atom is -0.378 e. The van der Waals surface area contributed by atoms with Crippen molar-refractivity contribution in [2.75, 3.05) is 67.2 Å². The minimum absolute atomic E-state index is 0.0321. The summed E-state index contributed by atoms with van der Waals surface area (Å²) < 4.78 is 33.2. The molecule has 2 aromatic heterocycles. The van der Waals surface area contributed by atoms with Crippen molar-refractivity contribution in [3.05, 3.63) is 134 Å². The molecule has 0 bridgehead atoms. The fourth-order valence-corrected chi connectivity index (χ4v) is 9.04. The monoisotopic (exact) mass is 919 g/mol. The van der Waals surface area contributed by atoms with Crippen LogP contribution in [-0.4, -0.2) is 86.3 Å². The van der Waals surface area contributed by atoms with Crippen LogP contribution >= 0.6 is 46.4 Å². The minimum atomic E-state index is -0.678. The van der Waals surface area contributed by atoms with Gasteiger partial charge in [0.2, 0.25) is 0 Å². The summed E-state index contributed by atoms with van der Waals surface area (Å²) in [6.45, 7) is 6.32. The van der Waals surface area contributed by atoms with Gasteiger partial charge in [0.25, 0.3) is 11.8 Å². The van der Waals surface area contributed by atoms with E-state index in [4.69, 9.17) is 51.1 Å². The fourth-order valence-electron chi connectivity index (χ4n) is 8.27. The number of piperidine rings is 2. The number of carbonyl (C=O) groups is 2. The highest BCUT2D eigenvalue weighted by Crippen LogP contribution is 2.33. The van der Waals surface area contributed by atoms with Crippen LogP contribution in [0.3, 0.4) is 0 Å². The van der Waals surface area contributed by atoms with E-state index in [-0.39, 0.29) is 34.4 Å². The van der Waals surface area contributed by atoms with Gasteiger partial charge in [-0.1, -0.05) is 58.5 Å². The molecule has 2 N–H and O–H groups in total. The summed E-state index contributed by atoms with van der Waals surface area (Å²) in [5, 5.41) is 8.96. The number of nitrogens with zero attached hydrogens (tertiary/aromatic N) is 5. The molecule has 6 aromatic rings. The molecule has 3 aliphatic rings. The number of aromatic nitrogens is 2. The summed E-state index contributed by atoms with van der Waals surface area (Å²) >= 11 is 24.4. The largest absolute Gasteiger partial charge is 0.378 e. The van der Waals surface area contributed by atoms with Crippen LogP contribution in [0.2, 0.25) is 20.1 Å². The third-order valence-electron chi connectivity index (χ3n) is 11.6. The van der Waals surface area contributed by atoms with Gasteiger partial charge in [0.05, 0.1) is 49.9 Å². The van der Waals surface area contributed by atoms with Gasteiger partial charge in [0, 0.05) is 97.6 Å². The summed E-state index contributed by atoms with van der Waals surface area (Å²) in [7, 11) is 0. The van der Waals surface area contributed by atoms with E-state index in [0.29, 0.717) is 57.5 Å². The maximum atomic E-state index is 14.0. The van der Waals surface area contributed by atoms with Crippen LogP contribution in [0.4, 0.5) is 25.8 Å². The lowest BCUT2D eigenvalue weighted by molar-refractivity contribution is 0.0922. The highest BCUT2D eigenvalue weighted by atomic mass is 35.5. The van der Waals surface area contributed by atoms with Crippen LogP contribution in [0.5, 0.6) is 0 Å². The topological polar surface area (TPSA) is 103 Å². The zero-order chi connectivity index (χ0) is 43.3. The molecule has 0 unspecified atom stereocenters. The van der Waals surface area contributed by atoms with Gasteiger partial charge in [-0.3, -0.25) is 19.6 Å². The number of hydrogen-bond donors (Lipinski definition) is 2. The Kier molecular flexibility index (Phi) is 13.8. The quantitative estimate of drug-likeness (QED) is 0.163. The van der Waals surface area contributed by atoms with Gasteiger partial charge < -0.3 is 30.1 Å². The number of amides is 2. The van der Waals surface area contributed by atoms with Crippen molar-refractivity contribution in [1.29, 1.82) is 0 Å². The van der Waals surface area contributed by atoms with E-state index in [2.05, 4.69) is 59.6 Å². The molecule has 0 radical (unpaired) electrons. The van der Waals surface area contributed by atoms with Gasteiger partial charge in [-0.2, -0.15) is 0 Å². The molecular formula is C46H43Cl4F2N7O3. The lowest BCUT2D eigenvalue weighted by atomic mass is 10.0. The highest BCUT2D eigenvalue weighted by molar-refractivity contribution is 6.44. The molecular weight excluding hydrogens is 878 g/mol. The maximum Gasteiger partial charge on any atom is 0.253 e. The average molecular weight is 922 g/mol. The number of morpholine rings is 1. The third kappa shape index (κ3) is 9.80. The van der Waals surface area contributed by atoms with Crippen molar-refractivity contribution >= 4 is 97.1 Å². The van der Waals surface area contributed by atoms with E-state index in [9.17, 15) is 18.4 Å². The Morgan fingerprint density at radius 1 is 0.613 bits per heavy atom. The zero-order valence-electron chi connectivity index (χ0n) is 33.5. The number of fused-ring (bicyclic) bond motifs is 2. The first-order valence-corrected chi connectivity index (χ1v) is 22.0. The number of pyridine rings is 2. The first-order chi connectivity index (χ1) is 30.0. The molecule has 4 aromatic carbocycles. The second kappa shape index (κ2) is 19.6. The lowest BCUT2D eigenvalue weighted by Gasteiger charge is -2.34. The normalized spacial score (nSPS) is 16.3. The molecule has 62 heavy (non-hydrogen) atoms. The van der Waals surface area contributed by atoms with Gasteiger partial charge in [-0.15, -0.1) is 0 Å². The van der Waals surface area contributed by atoms with Crippen molar-refractivity contribution in [1.82, 2.24) is 20.6 Å². The summed E-state index contributed by atoms with van der Waals surface area (Å²) in [5.74, 6) is -1.76. The number of anilines is 3. The number of halogens is 6. The summed E-state index contributed by atoms with van der Waals surface area (Å²) in [5.41, 5.74) is 5.02. The van der Waals surface area contributed by atoms with Crippen LogP contribution in [0, 0.1) is 11.6 Å². The second-order valence-electron chi connectivity index (χ2n) is 15.4. The van der Waals surface area contributed by atoms with E-state index in [1.807, 2.05) is 6.20 Å². The van der Waals surface area contributed by atoms with Crippen molar-refractivity contribution in [3.8, 4) is 0 Å². The lowest BCUT2D eigenvalue weighted by Crippen LogP contribution is -2.44. The van der Waals surface area contributed by atoms with Crippen molar-refractivity contribution in [3.63, 3.8) is 0 Å². The SMILES string of the molecule is O=C(NC1CCN(c2ccnc3c(F)cc(F)cc23)CC1)c1cccc(Cl)c1Cl.O=C(NC1CCN(c2ccnc3cc(N4CCOCC4)ccc23)CC1)c1cccc(Cl)c1Cl. The van der Waals surface area contributed by atoms with Crippen LogP contribution < -0.4 is 25.3 Å². The zero-order valence-corrected chi connectivity index (χ0v) is 36.6. The third-order valence-corrected chi connectivity index (χ3v) is 13.2. The smallest absolute Gasteiger partial charge is 0.253 e. The highest BCUT2D eigenvalue weighted by Gasteiger charge is 2.26. The predicted molar refractivity (Wildman–Crippen MR) is 245 cm³/mol. The molecule has 3 aliphatic heterocycles. The Bertz CT molecular complexity index is 2600. The second-order valence-corrected chi connectivity index (χ2v) is 17.0. The van der Waals surface area contributed by atoms with Crippen molar-refractivity contribution in [2.24, 2.45) is 0 Å². The first kappa shape index (κ1) is 43.7. The number of rotatable bonds is 7. The van der Waals surface area contributed by atoms with Crippen molar-refractivity contribution < 1.29 is 23.1 Å². The Balaban J connectivity index is 0.000000172. The van der Waals surface area contributed by atoms with Crippen LogP contribution in [-0.2, 0) is 4.74 Å². The molecule has 16 heteroatoms. The first-order valence-electron chi connectivity index (χ1n) is 20.5. The van der Waals surface area contributed by atoms with Gasteiger partial charge in [-0.05, 0) is 86.3 Å². The van der Waals surface area contributed by atoms with Crippen molar-refractivity contribution in [2.45, 2.75) is 37.8 Å². The fraction of sp³-hybridized carbons (Fsp3) is 0.304. The molecule has 0 saturated carbocycles. The van der Waals surface area contributed by atoms with E-state index in [1.54, 1.807) is 42.5 Å². The van der Waals surface area contributed by atoms with Crippen LogP contribution in [0.15, 0.2) is 91.3 Å². The molecule has 322 valence electrons. The van der Waals surface area contributed by atoms with Gasteiger partial charge in [0.1, 0.15) is 11.3 Å². The van der Waals surface area contributed by atoms with Gasteiger partial charge >= 0.3 is 0 Å². The Labute approximate surface area is 378 Å². The number of ether oxygens (including phenoxy) is 1. The van der Waals surface area contributed by atoms with Gasteiger partial charge in [0.15, 0.2) is 5.82 Å². The number of hydrogen-bond acceptors (Lipinski definition) is 8. The molecule has 5 heterocycles.